The van der Waals surface area contributed by atoms with Gasteiger partial charge in [-0.2, -0.15) is 12.6 Å². The quantitative estimate of drug-likeness (QED) is 0.593. The van der Waals surface area contributed by atoms with Crippen LogP contribution in [-0.4, -0.2) is 16.8 Å². The number of aromatic carboxylic acids is 1. The highest BCUT2D eigenvalue weighted by atomic mass is 32.1. The molecule has 0 aliphatic rings. The van der Waals surface area contributed by atoms with Gasteiger partial charge in [-0.25, -0.2) is 4.79 Å². The highest BCUT2D eigenvalue weighted by molar-refractivity contribution is 7.80. The molecule has 1 rings (SSSR count). The van der Waals surface area contributed by atoms with E-state index in [-0.39, 0.29) is 0 Å². The fourth-order valence-corrected chi connectivity index (χ4v) is 1.26. The second-order valence-corrected chi connectivity index (χ2v) is 3.56. The number of thiol groups is 1. The summed E-state index contributed by atoms with van der Waals surface area (Å²) < 4.78 is 0. The predicted molar refractivity (Wildman–Crippen MR) is 63.5 cm³/mol. The van der Waals surface area contributed by atoms with Gasteiger partial charge in [0.05, 0.1) is 5.56 Å². The largest absolute Gasteiger partial charge is 0.478 e. The van der Waals surface area contributed by atoms with Crippen molar-refractivity contribution in [3.63, 3.8) is 0 Å². The number of hydrogen-bond donors (Lipinski definition) is 2. The molecule has 0 unspecified atom stereocenters. The Morgan fingerprint density at radius 3 is 2.87 bits per heavy atom. The summed E-state index contributed by atoms with van der Waals surface area (Å²) in [7, 11) is 0. The van der Waals surface area contributed by atoms with E-state index in [1.54, 1.807) is 19.1 Å². The molecule has 1 N–H and O–H groups in total. The molecule has 15 heavy (non-hydrogen) atoms. The molecule has 0 saturated heterocycles. The Hall–Kier alpha value is -1.40. The first-order valence-corrected chi connectivity index (χ1v) is 5.22. The lowest BCUT2D eigenvalue weighted by Crippen LogP contribution is -1.99. The summed E-state index contributed by atoms with van der Waals surface area (Å²) >= 11 is 4.04. The molecule has 0 spiro atoms. The lowest BCUT2D eigenvalue weighted by molar-refractivity contribution is 0.0696. The molecule has 0 aliphatic carbocycles. The number of aryl methyl sites for hydroxylation is 1. The molecule has 0 aliphatic heterocycles. The van der Waals surface area contributed by atoms with Crippen LogP contribution in [0.5, 0.6) is 0 Å². The molecule has 1 aromatic rings. The van der Waals surface area contributed by atoms with Gasteiger partial charge in [0.15, 0.2) is 0 Å². The maximum absolute atomic E-state index is 10.8. The topological polar surface area (TPSA) is 37.3 Å². The van der Waals surface area contributed by atoms with Gasteiger partial charge in [0.2, 0.25) is 0 Å². The van der Waals surface area contributed by atoms with Gasteiger partial charge in [-0.15, -0.1) is 0 Å². The van der Waals surface area contributed by atoms with Gasteiger partial charge >= 0.3 is 5.97 Å². The van der Waals surface area contributed by atoms with E-state index in [2.05, 4.69) is 24.5 Å². The molecule has 0 fully saturated rings. The number of benzene rings is 1. The Bertz CT molecular complexity index is 427. The van der Waals surface area contributed by atoms with Crippen molar-refractivity contribution in [2.24, 2.45) is 0 Å². The summed E-state index contributed by atoms with van der Waals surface area (Å²) in [4.78, 5) is 10.8. The van der Waals surface area contributed by atoms with Crippen molar-refractivity contribution >= 4 is 18.6 Å². The first-order chi connectivity index (χ1) is 7.15. The fraction of sp³-hybridized carbons (Fsp3) is 0.250. The minimum absolute atomic E-state index is 0.313. The highest BCUT2D eigenvalue weighted by Crippen LogP contribution is 2.10. The van der Waals surface area contributed by atoms with E-state index in [1.807, 2.05) is 6.07 Å². The Kier molecular flexibility index (Phi) is 4.26. The Labute approximate surface area is 94.7 Å². The molecule has 0 amide bonds. The zero-order chi connectivity index (χ0) is 11.3. The lowest BCUT2D eigenvalue weighted by atomic mass is 10.1. The molecule has 0 radical (unpaired) electrons. The van der Waals surface area contributed by atoms with Crippen molar-refractivity contribution in [1.82, 2.24) is 0 Å². The Morgan fingerprint density at radius 1 is 1.53 bits per heavy atom. The van der Waals surface area contributed by atoms with E-state index in [1.165, 1.54) is 0 Å². The monoisotopic (exact) mass is 220 g/mol. The molecule has 0 saturated carbocycles. The summed E-state index contributed by atoms with van der Waals surface area (Å²) in [6.45, 7) is 1.77. The van der Waals surface area contributed by atoms with Crippen LogP contribution in [-0.2, 0) is 0 Å². The third-order valence-electron chi connectivity index (χ3n) is 1.94. The second-order valence-electron chi connectivity index (χ2n) is 3.11. The van der Waals surface area contributed by atoms with Crippen LogP contribution in [0.25, 0.3) is 0 Å². The first kappa shape index (κ1) is 11.7. The van der Waals surface area contributed by atoms with Gasteiger partial charge in [0.25, 0.3) is 0 Å². The smallest absolute Gasteiger partial charge is 0.335 e. The van der Waals surface area contributed by atoms with E-state index in [4.69, 9.17) is 5.11 Å². The highest BCUT2D eigenvalue weighted by Gasteiger charge is 2.06. The first-order valence-electron chi connectivity index (χ1n) is 4.59. The number of rotatable bonds is 2. The standard InChI is InChI=1S/C12H12O2S/c1-9-5-6-10(4-2-3-7-15)8-11(9)12(13)14/h5-6,8,15H,3,7H2,1H3,(H,13,14). The lowest BCUT2D eigenvalue weighted by Gasteiger charge is -2.00. The van der Waals surface area contributed by atoms with Crippen LogP contribution in [0.2, 0.25) is 0 Å². The third-order valence-corrected chi connectivity index (χ3v) is 2.16. The van der Waals surface area contributed by atoms with Crippen molar-refractivity contribution in [1.29, 1.82) is 0 Å². The van der Waals surface area contributed by atoms with Gasteiger partial charge in [0.1, 0.15) is 0 Å². The zero-order valence-electron chi connectivity index (χ0n) is 8.45. The van der Waals surface area contributed by atoms with Crippen molar-refractivity contribution in [2.45, 2.75) is 13.3 Å². The van der Waals surface area contributed by atoms with E-state index < -0.39 is 5.97 Å². The maximum atomic E-state index is 10.8. The second kappa shape index (κ2) is 5.47. The molecule has 3 heteroatoms. The minimum atomic E-state index is -0.912. The average Bonchev–Trinajstić information content (AvgIpc) is 2.20. The summed E-state index contributed by atoms with van der Waals surface area (Å²) in [5.74, 6) is 5.62. The molecular weight excluding hydrogens is 208 g/mol. The van der Waals surface area contributed by atoms with Gasteiger partial charge in [-0.1, -0.05) is 17.9 Å². The SMILES string of the molecule is Cc1ccc(C#CCCS)cc1C(=O)O. The molecule has 1 aromatic carbocycles. The molecule has 0 bridgehead atoms. The number of hydrogen-bond acceptors (Lipinski definition) is 2. The molecular formula is C12H12O2S. The van der Waals surface area contributed by atoms with Crippen LogP contribution in [0, 0.1) is 18.8 Å². The Morgan fingerprint density at radius 2 is 2.27 bits per heavy atom. The fourth-order valence-electron chi connectivity index (χ4n) is 1.15. The molecule has 2 nitrogen and oxygen atoms in total. The third kappa shape index (κ3) is 3.34. The van der Waals surface area contributed by atoms with Crippen LogP contribution in [0.15, 0.2) is 18.2 Å². The van der Waals surface area contributed by atoms with E-state index in [0.717, 1.165) is 11.1 Å². The molecule has 78 valence electrons. The van der Waals surface area contributed by atoms with Crippen molar-refractivity contribution < 1.29 is 9.90 Å². The van der Waals surface area contributed by atoms with Gasteiger partial charge in [0, 0.05) is 17.7 Å². The summed E-state index contributed by atoms with van der Waals surface area (Å²) in [6.07, 6.45) is 0.708. The van der Waals surface area contributed by atoms with Gasteiger partial charge in [-0.3, -0.25) is 0 Å². The molecule has 0 heterocycles. The van der Waals surface area contributed by atoms with Gasteiger partial charge in [-0.05, 0) is 24.6 Å². The summed E-state index contributed by atoms with van der Waals surface area (Å²) in [5.41, 5.74) is 1.80. The van der Waals surface area contributed by atoms with Crippen molar-refractivity contribution in [3.8, 4) is 11.8 Å². The van der Waals surface area contributed by atoms with Gasteiger partial charge < -0.3 is 5.11 Å². The maximum Gasteiger partial charge on any atom is 0.335 e. The van der Waals surface area contributed by atoms with Crippen molar-refractivity contribution in [2.75, 3.05) is 5.75 Å². The molecule has 0 aromatic heterocycles. The van der Waals surface area contributed by atoms with Crippen LogP contribution < -0.4 is 0 Å². The summed E-state index contributed by atoms with van der Waals surface area (Å²) in [5, 5.41) is 8.90. The van der Waals surface area contributed by atoms with Crippen LogP contribution in [0.4, 0.5) is 0 Å². The van der Waals surface area contributed by atoms with Crippen LogP contribution >= 0.6 is 12.6 Å². The Balaban J connectivity index is 2.99. The van der Waals surface area contributed by atoms with E-state index in [0.29, 0.717) is 17.7 Å². The number of carboxylic acids is 1. The number of carbonyl (C=O) groups is 1. The molecule has 0 atom stereocenters. The summed E-state index contributed by atoms with van der Waals surface area (Å²) in [6, 6.07) is 5.20. The van der Waals surface area contributed by atoms with Crippen LogP contribution in [0.3, 0.4) is 0 Å². The van der Waals surface area contributed by atoms with Crippen molar-refractivity contribution in [3.05, 3.63) is 34.9 Å². The average molecular weight is 220 g/mol. The van der Waals surface area contributed by atoms with E-state index >= 15 is 0 Å². The number of carboxylic acid groups (broad SMARTS) is 1. The zero-order valence-corrected chi connectivity index (χ0v) is 9.34. The van der Waals surface area contributed by atoms with E-state index in [9.17, 15) is 4.79 Å². The minimum Gasteiger partial charge on any atom is -0.478 e. The predicted octanol–water partition coefficient (Wildman–Crippen LogP) is 2.36. The van der Waals surface area contributed by atoms with Crippen LogP contribution in [0.1, 0.15) is 27.9 Å². The normalized spacial score (nSPS) is 9.20.